The van der Waals surface area contributed by atoms with E-state index >= 15 is 0 Å². The second-order valence-corrected chi connectivity index (χ2v) is 5.28. The maximum Gasteiger partial charge on any atom is 0.110 e. The van der Waals surface area contributed by atoms with Crippen LogP contribution in [0.2, 0.25) is 0 Å². The van der Waals surface area contributed by atoms with Crippen LogP contribution in [0.3, 0.4) is 0 Å². The zero-order chi connectivity index (χ0) is 10.1. The first-order valence-electron chi connectivity index (χ1n) is 5.82. The third kappa shape index (κ3) is 1.76. The molecule has 1 aliphatic carbocycles. The minimum atomic E-state index is 0.759. The molecule has 1 saturated carbocycles. The average molecular weight is 218 g/mol. The Hall–Kier alpha value is -0.630. The first kappa shape index (κ1) is 9.59. The van der Waals surface area contributed by atoms with E-state index in [0.29, 0.717) is 0 Å². The lowest BCUT2D eigenvalue weighted by atomic mass is 9.94. The Morgan fingerprint density at radius 2 is 1.87 bits per heavy atom. The molecule has 0 atom stereocenters. The van der Waals surface area contributed by atoms with Crippen LogP contribution in [-0.4, -0.2) is 6.04 Å². The molecule has 0 aromatic heterocycles. The second-order valence-electron chi connectivity index (χ2n) is 4.39. The van der Waals surface area contributed by atoms with Gasteiger partial charge in [0, 0.05) is 10.9 Å². The Morgan fingerprint density at radius 3 is 2.73 bits per heavy atom. The fourth-order valence-electron chi connectivity index (χ4n) is 2.58. The molecule has 0 N–H and O–H groups in total. The molecule has 1 heterocycles. The van der Waals surface area contributed by atoms with Crippen LogP contribution < -0.4 is 4.90 Å². The maximum atomic E-state index is 2.50. The van der Waals surface area contributed by atoms with Crippen molar-refractivity contribution in [2.24, 2.45) is 0 Å². The van der Waals surface area contributed by atoms with E-state index in [1.165, 1.54) is 42.7 Å². The first-order valence-corrected chi connectivity index (χ1v) is 6.70. The first-order chi connectivity index (χ1) is 7.45. The summed E-state index contributed by atoms with van der Waals surface area (Å²) in [6, 6.07) is 9.51. The predicted octanol–water partition coefficient (Wildman–Crippen LogP) is 4.05. The average Bonchev–Trinajstić information content (AvgIpc) is 2.74. The summed E-state index contributed by atoms with van der Waals surface area (Å²) in [4.78, 5) is 3.92. The number of benzene rings is 1. The van der Waals surface area contributed by atoms with Crippen LogP contribution in [0.25, 0.3) is 0 Å². The van der Waals surface area contributed by atoms with Crippen molar-refractivity contribution in [2.75, 3.05) is 4.90 Å². The Morgan fingerprint density at radius 1 is 1.07 bits per heavy atom. The van der Waals surface area contributed by atoms with E-state index in [2.05, 4.69) is 35.0 Å². The van der Waals surface area contributed by atoms with Crippen molar-refractivity contribution < 1.29 is 0 Å². The van der Waals surface area contributed by atoms with Crippen molar-refractivity contribution in [1.82, 2.24) is 0 Å². The molecule has 0 bridgehead atoms. The number of hydrogen-bond acceptors (Lipinski definition) is 2. The lowest BCUT2D eigenvalue weighted by Gasteiger charge is -2.32. The Bertz CT molecular complexity index is 344. The topological polar surface area (TPSA) is 3.24 Å². The molecule has 79 valence electrons. The standard InChI is InChI=1S/C13H16NS/c1-2-6-11(7-3-1)14-10-15-13-9-5-4-8-12(13)14/h4-5,8-11H,1-3,6-7H2. The maximum absolute atomic E-state index is 2.50. The van der Waals surface area contributed by atoms with Crippen LogP contribution in [0, 0.1) is 5.88 Å². The molecule has 0 saturated heterocycles. The van der Waals surface area contributed by atoms with E-state index < -0.39 is 0 Å². The minimum absolute atomic E-state index is 0.759. The minimum Gasteiger partial charge on any atom is -0.352 e. The molecular weight excluding hydrogens is 202 g/mol. The third-order valence-corrected chi connectivity index (χ3v) is 4.34. The number of para-hydroxylation sites is 1. The van der Waals surface area contributed by atoms with Gasteiger partial charge in [-0.3, -0.25) is 0 Å². The van der Waals surface area contributed by atoms with E-state index in [4.69, 9.17) is 0 Å². The SMILES string of the molecule is [CH]1Sc2ccccc2N1C1CCCCC1. The highest BCUT2D eigenvalue weighted by Gasteiger charge is 2.27. The fourth-order valence-corrected chi connectivity index (χ4v) is 3.55. The van der Waals surface area contributed by atoms with E-state index in [9.17, 15) is 0 Å². The summed E-state index contributed by atoms with van der Waals surface area (Å²) >= 11 is 1.87. The molecule has 1 fully saturated rings. The van der Waals surface area contributed by atoms with Gasteiger partial charge in [-0.25, -0.2) is 0 Å². The molecule has 0 amide bonds. The van der Waals surface area contributed by atoms with Crippen molar-refractivity contribution in [2.45, 2.75) is 43.0 Å². The van der Waals surface area contributed by atoms with E-state index in [0.717, 1.165) is 6.04 Å². The summed E-state index contributed by atoms with van der Waals surface area (Å²) in [6.45, 7) is 0. The molecule has 1 radical (unpaired) electrons. The Labute approximate surface area is 95.9 Å². The lowest BCUT2D eigenvalue weighted by molar-refractivity contribution is 0.432. The van der Waals surface area contributed by atoms with Crippen LogP contribution in [0.4, 0.5) is 5.69 Å². The van der Waals surface area contributed by atoms with Gasteiger partial charge in [0.05, 0.1) is 5.69 Å². The number of anilines is 1. The highest BCUT2D eigenvalue weighted by Crippen LogP contribution is 2.44. The van der Waals surface area contributed by atoms with Gasteiger partial charge < -0.3 is 4.90 Å². The van der Waals surface area contributed by atoms with Gasteiger partial charge in [0.1, 0.15) is 5.88 Å². The Balaban J connectivity index is 1.83. The van der Waals surface area contributed by atoms with Crippen molar-refractivity contribution in [1.29, 1.82) is 0 Å². The van der Waals surface area contributed by atoms with E-state index in [-0.39, 0.29) is 0 Å². The highest BCUT2D eigenvalue weighted by atomic mass is 32.2. The van der Waals surface area contributed by atoms with Crippen molar-refractivity contribution >= 4 is 17.4 Å². The van der Waals surface area contributed by atoms with Gasteiger partial charge in [0.2, 0.25) is 0 Å². The van der Waals surface area contributed by atoms with Crippen LogP contribution in [0.15, 0.2) is 29.2 Å². The molecule has 1 nitrogen and oxygen atoms in total. The lowest BCUT2D eigenvalue weighted by Crippen LogP contribution is -2.32. The molecule has 0 spiro atoms. The molecule has 15 heavy (non-hydrogen) atoms. The molecule has 2 aliphatic rings. The van der Waals surface area contributed by atoms with Gasteiger partial charge in [-0.1, -0.05) is 43.2 Å². The number of fused-ring (bicyclic) bond motifs is 1. The van der Waals surface area contributed by atoms with Gasteiger partial charge in [-0.2, -0.15) is 0 Å². The van der Waals surface area contributed by atoms with Gasteiger partial charge in [0.25, 0.3) is 0 Å². The summed E-state index contributed by atoms with van der Waals surface area (Å²) in [5.41, 5.74) is 1.43. The number of nitrogens with zero attached hydrogens (tertiary/aromatic N) is 1. The highest BCUT2D eigenvalue weighted by molar-refractivity contribution is 8.01. The monoisotopic (exact) mass is 218 g/mol. The van der Waals surface area contributed by atoms with Gasteiger partial charge >= 0.3 is 0 Å². The van der Waals surface area contributed by atoms with Crippen LogP contribution in [0.5, 0.6) is 0 Å². The largest absolute Gasteiger partial charge is 0.352 e. The zero-order valence-electron chi connectivity index (χ0n) is 8.86. The normalized spacial score (nSPS) is 21.7. The van der Waals surface area contributed by atoms with E-state index in [1.54, 1.807) is 0 Å². The summed E-state index contributed by atoms with van der Waals surface area (Å²) in [5, 5.41) is 0. The van der Waals surface area contributed by atoms with Crippen molar-refractivity contribution in [3.8, 4) is 0 Å². The number of hydrogen-bond donors (Lipinski definition) is 0. The molecule has 1 aliphatic heterocycles. The van der Waals surface area contributed by atoms with Crippen LogP contribution >= 0.6 is 11.8 Å². The number of rotatable bonds is 1. The van der Waals surface area contributed by atoms with Crippen molar-refractivity contribution in [3.05, 3.63) is 30.1 Å². The summed E-state index contributed by atoms with van der Waals surface area (Å²) in [6.07, 6.45) is 6.97. The third-order valence-electron chi connectivity index (χ3n) is 3.40. The smallest absolute Gasteiger partial charge is 0.110 e. The summed E-state index contributed by atoms with van der Waals surface area (Å²) in [7, 11) is 0. The summed E-state index contributed by atoms with van der Waals surface area (Å²) in [5.74, 6) is 2.31. The number of thioether (sulfide) groups is 1. The molecule has 0 unspecified atom stereocenters. The van der Waals surface area contributed by atoms with Crippen LogP contribution in [0.1, 0.15) is 32.1 Å². The van der Waals surface area contributed by atoms with Crippen LogP contribution in [-0.2, 0) is 0 Å². The molecule has 1 aromatic carbocycles. The molecule has 3 rings (SSSR count). The zero-order valence-corrected chi connectivity index (χ0v) is 9.67. The van der Waals surface area contributed by atoms with Gasteiger partial charge in [-0.05, 0) is 25.0 Å². The van der Waals surface area contributed by atoms with Gasteiger partial charge in [0.15, 0.2) is 0 Å². The Kier molecular flexibility index (Phi) is 2.61. The fraction of sp³-hybridized carbons (Fsp3) is 0.462. The second kappa shape index (κ2) is 4.09. The van der Waals surface area contributed by atoms with E-state index in [1.807, 2.05) is 11.8 Å². The quantitative estimate of drug-likeness (QED) is 0.699. The van der Waals surface area contributed by atoms with Gasteiger partial charge in [-0.15, -0.1) is 0 Å². The molecule has 2 heteroatoms. The molecular formula is C13H16NS. The summed E-state index contributed by atoms with van der Waals surface area (Å²) < 4.78 is 0. The predicted molar refractivity (Wildman–Crippen MR) is 66.0 cm³/mol. The molecule has 1 aromatic rings. The van der Waals surface area contributed by atoms with Crippen molar-refractivity contribution in [3.63, 3.8) is 0 Å².